The maximum absolute atomic E-state index is 5.33. The van der Waals surface area contributed by atoms with Crippen LogP contribution in [0, 0.1) is 0 Å². The summed E-state index contributed by atoms with van der Waals surface area (Å²) in [5, 5.41) is 6.98. The molecular weight excluding hydrogens is 318 g/mol. The van der Waals surface area contributed by atoms with E-state index in [1.807, 2.05) is 29.5 Å². The maximum atomic E-state index is 5.33. The average molecular weight is 339 g/mol. The Balaban J connectivity index is 1.57. The molecule has 4 rings (SSSR count). The zero-order valence-corrected chi connectivity index (χ0v) is 14.6. The summed E-state index contributed by atoms with van der Waals surface area (Å²) < 4.78 is 7.50. The minimum atomic E-state index is 0.870. The summed E-state index contributed by atoms with van der Waals surface area (Å²) in [4.78, 5) is 3.94. The molecular formula is C19H21N3OS. The number of methoxy groups -OCH3 is 1. The van der Waals surface area contributed by atoms with E-state index in [0.29, 0.717) is 0 Å². The van der Waals surface area contributed by atoms with Gasteiger partial charge in [-0.3, -0.25) is 9.58 Å². The lowest BCUT2D eigenvalue weighted by molar-refractivity contribution is 0.263. The fraction of sp³-hybridized carbons (Fsp3) is 0.316. The minimum Gasteiger partial charge on any atom is -0.497 e. The van der Waals surface area contributed by atoms with Gasteiger partial charge in [0.15, 0.2) is 0 Å². The number of aromatic nitrogens is 2. The van der Waals surface area contributed by atoms with Crippen molar-refractivity contribution in [3.63, 3.8) is 0 Å². The molecule has 3 heterocycles. The third-order valence-corrected chi connectivity index (χ3v) is 5.28. The van der Waals surface area contributed by atoms with Gasteiger partial charge in [-0.25, -0.2) is 0 Å². The molecule has 124 valence electrons. The Hall–Kier alpha value is -2.11. The Morgan fingerprint density at radius 3 is 2.96 bits per heavy atom. The fourth-order valence-electron chi connectivity index (χ4n) is 3.21. The van der Waals surface area contributed by atoms with Crippen LogP contribution in [0.15, 0.2) is 47.8 Å². The van der Waals surface area contributed by atoms with Crippen LogP contribution in [-0.4, -0.2) is 28.3 Å². The number of nitrogens with zero attached hydrogens (tertiary/aromatic N) is 3. The van der Waals surface area contributed by atoms with Gasteiger partial charge in [-0.2, -0.15) is 5.10 Å². The number of fused-ring (bicyclic) bond motifs is 1. The molecule has 0 radical (unpaired) electrons. The van der Waals surface area contributed by atoms with E-state index in [2.05, 4.69) is 39.2 Å². The second kappa shape index (κ2) is 6.79. The number of ether oxygens (including phenoxy) is 1. The highest BCUT2D eigenvalue weighted by Gasteiger charge is 2.18. The number of aryl methyl sites for hydroxylation is 1. The van der Waals surface area contributed by atoms with Crippen molar-refractivity contribution in [3.05, 3.63) is 58.4 Å². The van der Waals surface area contributed by atoms with Crippen LogP contribution in [0.2, 0.25) is 0 Å². The summed E-state index contributed by atoms with van der Waals surface area (Å²) in [5.41, 5.74) is 3.43. The van der Waals surface area contributed by atoms with Crippen LogP contribution in [-0.2, 0) is 19.6 Å². The average Bonchev–Trinajstić information content (AvgIpc) is 3.22. The monoisotopic (exact) mass is 339 g/mol. The molecule has 0 aliphatic carbocycles. The van der Waals surface area contributed by atoms with Crippen molar-refractivity contribution in [3.8, 4) is 17.0 Å². The molecule has 1 aliphatic rings. The van der Waals surface area contributed by atoms with Crippen LogP contribution < -0.4 is 4.74 Å². The maximum Gasteiger partial charge on any atom is 0.119 e. The Morgan fingerprint density at radius 2 is 2.12 bits per heavy atom. The number of rotatable bonds is 4. The highest BCUT2D eigenvalue weighted by molar-refractivity contribution is 7.09. The van der Waals surface area contributed by atoms with Crippen LogP contribution in [0.1, 0.15) is 17.0 Å². The van der Waals surface area contributed by atoms with Gasteiger partial charge in [0.05, 0.1) is 18.5 Å². The van der Waals surface area contributed by atoms with E-state index in [1.165, 1.54) is 10.6 Å². The van der Waals surface area contributed by atoms with E-state index < -0.39 is 0 Å². The van der Waals surface area contributed by atoms with E-state index in [9.17, 15) is 0 Å². The third kappa shape index (κ3) is 3.23. The van der Waals surface area contributed by atoms with Gasteiger partial charge >= 0.3 is 0 Å². The number of benzene rings is 1. The van der Waals surface area contributed by atoms with E-state index in [-0.39, 0.29) is 0 Å². The molecule has 0 N–H and O–H groups in total. The van der Waals surface area contributed by atoms with E-state index >= 15 is 0 Å². The van der Waals surface area contributed by atoms with E-state index in [4.69, 9.17) is 9.84 Å². The Kier molecular flexibility index (Phi) is 4.36. The standard InChI is InChI=1S/C19H21N3OS/c1-23-17-6-2-5-15(11-17)19-12-16-13-21(8-4-9-22(16)20-19)14-18-7-3-10-24-18/h2-3,5-7,10-12H,4,8-9,13-14H2,1H3. The van der Waals surface area contributed by atoms with Gasteiger partial charge in [0.25, 0.3) is 0 Å². The van der Waals surface area contributed by atoms with Gasteiger partial charge in [-0.15, -0.1) is 11.3 Å². The molecule has 0 amide bonds. The molecule has 3 aromatic rings. The summed E-state index contributed by atoms with van der Waals surface area (Å²) in [6.07, 6.45) is 1.14. The first-order valence-corrected chi connectivity index (χ1v) is 9.16. The highest BCUT2D eigenvalue weighted by atomic mass is 32.1. The second-order valence-electron chi connectivity index (χ2n) is 6.12. The summed E-state index contributed by atoms with van der Waals surface area (Å²) in [7, 11) is 1.70. The van der Waals surface area contributed by atoms with Crippen molar-refractivity contribution in [2.24, 2.45) is 0 Å². The molecule has 5 heteroatoms. The minimum absolute atomic E-state index is 0.870. The summed E-state index contributed by atoms with van der Waals surface area (Å²) in [6.45, 7) is 4.09. The molecule has 0 saturated heterocycles. The van der Waals surface area contributed by atoms with Gasteiger partial charge in [0, 0.05) is 36.6 Å². The van der Waals surface area contributed by atoms with Crippen molar-refractivity contribution in [1.29, 1.82) is 0 Å². The van der Waals surface area contributed by atoms with E-state index in [0.717, 1.165) is 49.6 Å². The molecule has 0 spiro atoms. The number of thiophene rings is 1. The van der Waals surface area contributed by atoms with Crippen molar-refractivity contribution < 1.29 is 4.74 Å². The summed E-state index contributed by atoms with van der Waals surface area (Å²) in [6, 6.07) is 14.7. The van der Waals surface area contributed by atoms with Crippen molar-refractivity contribution in [2.75, 3.05) is 13.7 Å². The summed E-state index contributed by atoms with van der Waals surface area (Å²) >= 11 is 1.83. The Bertz CT molecular complexity index is 810. The lowest BCUT2D eigenvalue weighted by Crippen LogP contribution is -2.22. The van der Waals surface area contributed by atoms with Crippen LogP contribution in [0.4, 0.5) is 0 Å². The van der Waals surface area contributed by atoms with Crippen LogP contribution in [0.3, 0.4) is 0 Å². The largest absolute Gasteiger partial charge is 0.497 e. The zero-order valence-electron chi connectivity index (χ0n) is 13.8. The molecule has 0 unspecified atom stereocenters. The van der Waals surface area contributed by atoms with Gasteiger partial charge in [0.2, 0.25) is 0 Å². The van der Waals surface area contributed by atoms with Crippen LogP contribution in [0.5, 0.6) is 5.75 Å². The number of hydrogen-bond donors (Lipinski definition) is 0. The first-order chi connectivity index (χ1) is 11.8. The molecule has 24 heavy (non-hydrogen) atoms. The predicted octanol–water partition coefficient (Wildman–Crippen LogP) is 4.03. The Morgan fingerprint density at radius 1 is 1.17 bits per heavy atom. The van der Waals surface area contributed by atoms with Crippen LogP contribution >= 0.6 is 11.3 Å². The molecule has 4 nitrogen and oxygen atoms in total. The smallest absolute Gasteiger partial charge is 0.119 e. The van der Waals surface area contributed by atoms with Gasteiger partial charge in [-0.05, 0) is 36.1 Å². The molecule has 0 bridgehead atoms. The molecule has 2 aromatic heterocycles. The lowest BCUT2D eigenvalue weighted by Gasteiger charge is -2.18. The molecule has 0 atom stereocenters. The highest BCUT2D eigenvalue weighted by Crippen LogP contribution is 2.26. The second-order valence-corrected chi connectivity index (χ2v) is 7.15. The fourth-order valence-corrected chi connectivity index (χ4v) is 3.96. The molecule has 1 aromatic carbocycles. The quantitative estimate of drug-likeness (QED) is 0.719. The topological polar surface area (TPSA) is 30.3 Å². The van der Waals surface area contributed by atoms with Crippen molar-refractivity contribution in [1.82, 2.24) is 14.7 Å². The van der Waals surface area contributed by atoms with Gasteiger partial charge in [0.1, 0.15) is 5.75 Å². The lowest BCUT2D eigenvalue weighted by atomic mass is 10.1. The molecule has 0 saturated carbocycles. The predicted molar refractivity (Wildman–Crippen MR) is 97.3 cm³/mol. The number of hydrogen-bond acceptors (Lipinski definition) is 4. The first-order valence-electron chi connectivity index (χ1n) is 8.28. The molecule has 0 fully saturated rings. The first kappa shape index (κ1) is 15.4. The zero-order chi connectivity index (χ0) is 16.4. The molecule has 1 aliphatic heterocycles. The SMILES string of the molecule is COc1cccc(-c2cc3n(n2)CCCN(Cc2cccs2)C3)c1. The van der Waals surface area contributed by atoms with E-state index in [1.54, 1.807) is 7.11 Å². The third-order valence-electron chi connectivity index (χ3n) is 4.42. The van der Waals surface area contributed by atoms with Gasteiger partial charge < -0.3 is 4.74 Å². The van der Waals surface area contributed by atoms with Gasteiger partial charge in [-0.1, -0.05) is 18.2 Å². The van der Waals surface area contributed by atoms with Crippen LogP contribution in [0.25, 0.3) is 11.3 Å². The van der Waals surface area contributed by atoms with Crippen molar-refractivity contribution >= 4 is 11.3 Å². The Labute approximate surface area is 146 Å². The van der Waals surface area contributed by atoms with Crippen molar-refractivity contribution in [2.45, 2.75) is 26.1 Å². The normalized spacial score (nSPS) is 15.0. The summed E-state index contributed by atoms with van der Waals surface area (Å²) in [5.74, 6) is 0.870.